The van der Waals surface area contributed by atoms with Crippen LogP contribution in [0, 0.1) is 10.1 Å². The van der Waals surface area contributed by atoms with Crippen molar-refractivity contribution >= 4 is 18.7 Å². The molecule has 1 heterocycles. The van der Waals surface area contributed by atoms with E-state index in [2.05, 4.69) is 45.0 Å². The van der Waals surface area contributed by atoms with Gasteiger partial charge >= 0.3 is 0 Å². The van der Waals surface area contributed by atoms with Gasteiger partial charge in [-0.25, -0.2) is 0 Å². The molecule has 1 aliphatic rings. The number of aliphatic hydroxyl groups excluding tert-OH is 1. The highest BCUT2D eigenvalue weighted by Crippen LogP contribution is 2.38. The highest BCUT2D eigenvalue weighted by molar-refractivity contribution is 6.99. The fraction of sp³-hybridized carbons (Fsp3) is 0.500. The topological polar surface area (TPSA) is 91.1 Å². The molecule has 0 aromatic heterocycles. The van der Waals surface area contributed by atoms with Crippen molar-refractivity contribution in [3.63, 3.8) is 0 Å². The van der Waals surface area contributed by atoms with Crippen LogP contribution in [0.25, 0.3) is 0 Å². The van der Waals surface area contributed by atoms with E-state index in [0.29, 0.717) is 0 Å². The molecule has 1 fully saturated rings. The Morgan fingerprint density at radius 1 is 1.06 bits per heavy atom. The van der Waals surface area contributed by atoms with Crippen LogP contribution in [0.2, 0.25) is 5.04 Å². The molecule has 2 aromatic carbocycles. The Hall–Kier alpha value is -2.10. The van der Waals surface area contributed by atoms with Crippen LogP contribution in [0.5, 0.6) is 0 Å². The van der Waals surface area contributed by atoms with Crippen molar-refractivity contribution in [3.05, 3.63) is 70.8 Å². The van der Waals surface area contributed by atoms with Gasteiger partial charge < -0.3 is 19.0 Å². The number of nitrogens with zero attached hydrogens (tertiary/aromatic N) is 1. The van der Waals surface area contributed by atoms with Gasteiger partial charge in [0.2, 0.25) is 6.54 Å². The average molecular weight is 460 g/mol. The lowest BCUT2D eigenvalue weighted by Gasteiger charge is -2.43. The molecule has 1 N–H and O–H groups in total. The van der Waals surface area contributed by atoms with Gasteiger partial charge in [0.1, 0.15) is 18.3 Å². The first-order valence-electron chi connectivity index (χ1n) is 10.9. The number of benzene rings is 2. The zero-order chi connectivity index (χ0) is 23.6. The third-order valence-electron chi connectivity index (χ3n) is 5.82. The molecule has 0 saturated carbocycles. The summed E-state index contributed by atoms with van der Waals surface area (Å²) in [6.45, 7) is 9.54. The van der Waals surface area contributed by atoms with Gasteiger partial charge in [-0.15, -0.1) is 0 Å². The van der Waals surface area contributed by atoms with E-state index in [0.717, 1.165) is 10.4 Å². The van der Waals surface area contributed by atoms with Crippen molar-refractivity contribution in [2.75, 3.05) is 13.2 Å². The highest BCUT2D eigenvalue weighted by Gasteiger charge is 2.53. The van der Waals surface area contributed by atoms with Gasteiger partial charge in [0.25, 0.3) is 8.32 Å². The zero-order valence-electron chi connectivity index (χ0n) is 19.4. The maximum absolute atomic E-state index is 11.0. The predicted octanol–water partition coefficient (Wildman–Crippen LogP) is 2.72. The van der Waals surface area contributed by atoms with Crippen molar-refractivity contribution in [3.8, 4) is 0 Å². The van der Waals surface area contributed by atoms with Gasteiger partial charge in [0.15, 0.2) is 5.79 Å². The molecule has 3 rings (SSSR count). The normalized spacial score (nSPS) is 21.9. The van der Waals surface area contributed by atoms with Crippen molar-refractivity contribution in [2.45, 2.75) is 63.8 Å². The van der Waals surface area contributed by atoms with E-state index in [9.17, 15) is 15.2 Å². The Morgan fingerprint density at radius 3 is 2.00 bits per heavy atom. The molecule has 1 aliphatic heterocycles. The van der Waals surface area contributed by atoms with Gasteiger partial charge in [0.05, 0.1) is 6.61 Å². The largest absolute Gasteiger partial charge is 0.405 e. The van der Waals surface area contributed by atoms with Gasteiger partial charge in [-0.3, -0.25) is 10.1 Å². The van der Waals surface area contributed by atoms with E-state index >= 15 is 0 Å². The first kappa shape index (κ1) is 24.5. The van der Waals surface area contributed by atoms with Gasteiger partial charge in [-0.05, 0) is 29.3 Å². The maximum atomic E-state index is 11.0. The van der Waals surface area contributed by atoms with Crippen LogP contribution in [-0.2, 0) is 13.9 Å². The SMILES string of the molecule is CC1(C)O[C@@H]([C@@H](O)C[N+](=O)[O-])[C@@H](CO[Si](c2ccccc2)(c2ccccc2)C(C)(C)C)O1. The Labute approximate surface area is 190 Å². The minimum Gasteiger partial charge on any atom is -0.405 e. The summed E-state index contributed by atoms with van der Waals surface area (Å²) >= 11 is 0. The summed E-state index contributed by atoms with van der Waals surface area (Å²) in [6.07, 6.45) is -2.78. The van der Waals surface area contributed by atoms with E-state index < -0.39 is 43.9 Å². The Balaban J connectivity index is 1.99. The molecule has 0 amide bonds. The molecular weight excluding hydrogens is 426 g/mol. The lowest BCUT2D eigenvalue weighted by atomic mass is 10.1. The molecule has 0 spiro atoms. The Bertz CT molecular complexity index is 860. The third-order valence-corrected chi connectivity index (χ3v) is 10.8. The fourth-order valence-electron chi connectivity index (χ4n) is 4.54. The van der Waals surface area contributed by atoms with Gasteiger partial charge in [-0.2, -0.15) is 0 Å². The van der Waals surface area contributed by atoms with Crippen molar-refractivity contribution in [1.82, 2.24) is 0 Å². The standard InChI is InChI=1S/C24H33NO6Si/c1-23(2,3)32(18-12-8-6-9-13-18,19-14-10-7-11-15-19)29-17-21-22(20(26)16-25(27)28)31-24(4,5)30-21/h6-15,20-22,26H,16-17H2,1-5H3/t20-,21+,22-/m0/s1. The number of ether oxygens (including phenoxy) is 2. The number of hydrogen-bond acceptors (Lipinski definition) is 6. The van der Waals surface area contributed by atoms with Crippen LogP contribution >= 0.6 is 0 Å². The lowest BCUT2D eigenvalue weighted by molar-refractivity contribution is -0.493. The van der Waals surface area contributed by atoms with Crippen LogP contribution in [0.15, 0.2) is 60.7 Å². The molecule has 32 heavy (non-hydrogen) atoms. The van der Waals surface area contributed by atoms with E-state index in [1.165, 1.54) is 0 Å². The molecule has 174 valence electrons. The second-order valence-corrected chi connectivity index (χ2v) is 14.0. The maximum Gasteiger partial charge on any atom is 0.261 e. The number of aliphatic hydroxyl groups is 1. The predicted molar refractivity (Wildman–Crippen MR) is 125 cm³/mol. The van der Waals surface area contributed by atoms with Crippen LogP contribution < -0.4 is 10.4 Å². The molecule has 0 unspecified atom stereocenters. The minimum atomic E-state index is -2.81. The quantitative estimate of drug-likeness (QED) is 0.371. The van der Waals surface area contributed by atoms with Crippen LogP contribution in [0.4, 0.5) is 0 Å². The molecule has 2 aromatic rings. The summed E-state index contributed by atoms with van der Waals surface area (Å²) in [6, 6.07) is 20.4. The van der Waals surface area contributed by atoms with Crippen molar-refractivity contribution in [2.24, 2.45) is 0 Å². The van der Waals surface area contributed by atoms with Crippen LogP contribution in [0.1, 0.15) is 34.6 Å². The van der Waals surface area contributed by atoms with Crippen molar-refractivity contribution < 1.29 is 23.9 Å². The molecule has 7 nitrogen and oxygen atoms in total. The highest BCUT2D eigenvalue weighted by atomic mass is 28.4. The fourth-order valence-corrected chi connectivity index (χ4v) is 9.11. The summed E-state index contributed by atoms with van der Waals surface area (Å²) in [7, 11) is -2.81. The van der Waals surface area contributed by atoms with Crippen molar-refractivity contribution in [1.29, 1.82) is 0 Å². The summed E-state index contributed by atoms with van der Waals surface area (Å²) in [5, 5.41) is 23.5. The first-order chi connectivity index (χ1) is 15.0. The minimum absolute atomic E-state index is 0.149. The molecule has 3 atom stereocenters. The molecular formula is C24H33NO6Si. The smallest absolute Gasteiger partial charge is 0.261 e. The van der Waals surface area contributed by atoms with E-state index in [4.69, 9.17) is 13.9 Å². The molecule has 1 saturated heterocycles. The molecule has 8 heteroatoms. The van der Waals surface area contributed by atoms with Gasteiger partial charge in [-0.1, -0.05) is 81.4 Å². The Morgan fingerprint density at radius 2 is 1.56 bits per heavy atom. The zero-order valence-corrected chi connectivity index (χ0v) is 20.4. The molecule has 0 radical (unpaired) electrons. The first-order valence-corrected chi connectivity index (χ1v) is 12.8. The second kappa shape index (κ2) is 9.41. The average Bonchev–Trinajstić information content (AvgIpc) is 3.03. The van der Waals surface area contributed by atoms with E-state index in [1.807, 2.05) is 36.4 Å². The summed E-state index contributed by atoms with van der Waals surface area (Å²) < 4.78 is 18.8. The molecule has 0 bridgehead atoms. The lowest BCUT2D eigenvalue weighted by Crippen LogP contribution is -2.67. The van der Waals surface area contributed by atoms with E-state index in [1.54, 1.807) is 13.8 Å². The van der Waals surface area contributed by atoms with E-state index in [-0.39, 0.29) is 11.6 Å². The second-order valence-electron chi connectivity index (χ2n) is 9.70. The monoisotopic (exact) mass is 459 g/mol. The summed E-state index contributed by atoms with van der Waals surface area (Å²) in [5.41, 5.74) is 0. The molecule has 0 aliphatic carbocycles. The summed E-state index contributed by atoms with van der Waals surface area (Å²) in [5.74, 6) is -0.971. The Kier molecular flexibility index (Phi) is 7.21. The third kappa shape index (κ3) is 5.10. The van der Waals surface area contributed by atoms with Crippen LogP contribution in [0.3, 0.4) is 0 Å². The van der Waals surface area contributed by atoms with Gasteiger partial charge in [0, 0.05) is 4.92 Å². The number of hydrogen-bond donors (Lipinski definition) is 1. The number of nitro groups is 1. The number of rotatable bonds is 8. The summed E-state index contributed by atoms with van der Waals surface area (Å²) in [4.78, 5) is 10.4. The van der Waals surface area contributed by atoms with Crippen LogP contribution in [-0.4, -0.2) is 55.6 Å².